The Hall–Kier alpha value is -2.00. The highest BCUT2D eigenvalue weighted by atomic mass is 35.5. The standard InChI is InChI=1S/C14H11ClO3/c15-12-6-4-10(5-7-12)9-18-13-3-1-2-11(8-13)14(16)17/h1-8H,9H2,(H,16,17). The third-order valence-electron chi connectivity index (χ3n) is 2.40. The van der Waals surface area contributed by atoms with Crippen LogP contribution in [-0.2, 0) is 6.61 Å². The van der Waals surface area contributed by atoms with E-state index in [0.717, 1.165) is 5.56 Å². The number of hydrogen-bond donors (Lipinski definition) is 1. The van der Waals surface area contributed by atoms with Crippen molar-refractivity contribution in [1.29, 1.82) is 0 Å². The molecule has 2 aromatic carbocycles. The number of carboxylic acids is 1. The number of hydrogen-bond acceptors (Lipinski definition) is 2. The van der Waals surface area contributed by atoms with Gasteiger partial charge >= 0.3 is 5.97 Å². The molecule has 0 amide bonds. The van der Waals surface area contributed by atoms with Crippen molar-refractivity contribution in [3.63, 3.8) is 0 Å². The zero-order valence-electron chi connectivity index (χ0n) is 9.47. The van der Waals surface area contributed by atoms with E-state index in [4.69, 9.17) is 21.4 Å². The predicted molar refractivity (Wildman–Crippen MR) is 69.2 cm³/mol. The molecule has 0 aliphatic heterocycles. The summed E-state index contributed by atoms with van der Waals surface area (Å²) >= 11 is 5.78. The lowest BCUT2D eigenvalue weighted by Gasteiger charge is -2.07. The molecule has 0 aliphatic carbocycles. The van der Waals surface area contributed by atoms with Gasteiger partial charge < -0.3 is 9.84 Å². The summed E-state index contributed by atoms with van der Waals surface area (Å²) in [7, 11) is 0. The first-order chi connectivity index (χ1) is 8.65. The van der Waals surface area contributed by atoms with Crippen molar-refractivity contribution in [1.82, 2.24) is 0 Å². The Morgan fingerprint density at radius 3 is 2.56 bits per heavy atom. The largest absolute Gasteiger partial charge is 0.489 e. The lowest BCUT2D eigenvalue weighted by molar-refractivity contribution is 0.0696. The van der Waals surface area contributed by atoms with Crippen molar-refractivity contribution in [2.24, 2.45) is 0 Å². The van der Waals surface area contributed by atoms with Gasteiger partial charge in [-0.2, -0.15) is 0 Å². The average molecular weight is 263 g/mol. The van der Waals surface area contributed by atoms with Gasteiger partial charge in [0.05, 0.1) is 5.56 Å². The van der Waals surface area contributed by atoms with Crippen molar-refractivity contribution < 1.29 is 14.6 Å². The van der Waals surface area contributed by atoms with E-state index in [-0.39, 0.29) is 5.56 Å². The Labute approximate surface area is 110 Å². The van der Waals surface area contributed by atoms with E-state index in [0.29, 0.717) is 17.4 Å². The molecule has 0 bridgehead atoms. The van der Waals surface area contributed by atoms with Gasteiger partial charge in [-0.05, 0) is 35.9 Å². The van der Waals surface area contributed by atoms with Crippen LogP contribution in [-0.4, -0.2) is 11.1 Å². The summed E-state index contributed by atoms with van der Waals surface area (Å²) in [5.41, 5.74) is 1.18. The fourth-order valence-electron chi connectivity index (χ4n) is 1.47. The maximum atomic E-state index is 10.8. The molecule has 0 saturated heterocycles. The zero-order valence-corrected chi connectivity index (χ0v) is 10.2. The number of ether oxygens (including phenoxy) is 1. The molecule has 2 aromatic rings. The van der Waals surface area contributed by atoms with Crippen LogP contribution in [0.4, 0.5) is 0 Å². The van der Waals surface area contributed by atoms with E-state index in [1.807, 2.05) is 12.1 Å². The van der Waals surface area contributed by atoms with Crippen LogP contribution in [0.5, 0.6) is 5.75 Å². The predicted octanol–water partition coefficient (Wildman–Crippen LogP) is 3.62. The molecule has 0 fully saturated rings. The number of carboxylic acid groups (broad SMARTS) is 1. The highest BCUT2D eigenvalue weighted by Crippen LogP contribution is 2.16. The van der Waals surface area contributed by atoms with Gasteiger partial charge in [-0.15, -0.1) is 0 Å². The summed E-state index contributed by atoms with van der Waals surface area (Å²) in [5.74, 6) is -0.434. The summed E-state index contributed by atoms with van der Waals surface area (Å²) in [5, 5.41) is 9.53. The van der Waals surface area contributed by atoms with Gasteiger partial charge in [-0.25, -0.2) is 4.79 Å². The van der Waals surface area contributed by atoms with Crippen molar-refractivity contribution in [3.05, 3.63) is 64.7 Å². The highest BCUT2D eigenvalue weighted by Gasteiger charge is 2.03. The smallest absolute Gasteiger partial charge is 0.335 e. The van der Waals surface area contributed by atoms with Gasteiger partial charge in [0.15, 0.2) is 0 Å². The normalized spacial score (nSPS) is 10.1. The lowest BCUT2D eigenvalue weighted by atomic mass is 10.2. The third-order valence-corrected chi connectivity index (χ3v) is 2.65. The Balaban J connectivity index is 2.04. The van der Waals surface area contributed by atoms with Crippen molar-refractivity contribution in [2.75, 3.05) is 0 Å². The summed E-state index contributed by atoms with van der Waals surface area (Å²) in [6.45, 7) is 0.375. The van der Waals surface area contributed by atoms with Crippen molar-refractivity contribution in [3.8, 4) is 5.75 Å². The summed E-state index contributed by atoms with van der Waals surface area (Å²) in [6, 6.07) is 13.7. The van der Waals surface area contributed by atoms with Crippen LogP contribution in [0, 0.1) is 0 Å². The quantitative estimate of drug-likeness (QED) is 0.915. The van der Waals surface area contributed by atoms with Crippen LogP contribution >= 0.6 is 11.6 Å². The first-order valence-corrected chi connectivity index (χ1v) is 5.73. The molecular formula is C14H11ClO3. The molecule has 0 atom stereocenters. The third kappa shape index (κ3) is 3.25. The Morgan fingerprint density at radius 1 is 1.17 bits per heavy atom. The Kier molecular flexibility index (Phi) is 3.85. The highest BCUT2D eigenvalue weighted by molar-refractivity contribution is 6.30. The number of benzene rings is 2. The molecule has 0 radical (unpaired) electrons. The zero-order chi connectivity index (χ0) is 13.0. The molecule has 0 unspecified atom stereocenters. The molecule has 3 nitrogen and oxygen atoms in total. The molecule has 0 spiro atoms. The van der Waals surface area contributed by atoms with Crippen LogP contribution < -0.4 is 4.74 Å². The van der Waals surface area contributed by atoms with Crippen LogP contribution in [0.3, 0.4) is 0 Å². The van der Waals surface area contributed by atoms with E-state index >= 15 is 0 Å². The number of rotatable bonds is 4. The maximum Gasteiger partial charge on any atom is 0.335 e. The van der Waals surface area contributed by atoms with Crippen molar-refractivity contribution in [2.45, 2.75) is 6.61 Å². The number of carbonyl (C=O) groups is 1. The monoisotopic (exact) mass is 262 g/mol. The molecule has 18 heavy (non-hydrogen) atoms. The topological polar surface area (TPSA) is 46.5 Å². The first kappa shape index (κ1) is 12.5. The number of halogens is 1. The average Bonchev–Trinajstić information content (AvgIpc) is 2.38. The van der Waals surface area contributed by atoms with Crippen LogP contribution in [0.2, 0.25) is 5.02 Å². The van der Waals surface area contributed by atoms with Crippen LogP contribution in [0.25, 0.3) is 0 Å². The molecular weight excluding hydrogens is 252 g/mol. The summed E-state index contributed by atoms with van der Waals surface area (Å²) < 4.78 is 5.52. The fourth-order valence-corrected chi connectivity index (χ4v) is 1.59. The van der Waals surface area contributed by atoms with E-state index in [1.165, 1.54) is 12.1 Å². The molecule has 0 aliphatic rings. The Morgan fingerprint density at radius 2 is 1.89 bits per heavy atom. The van der Waals surface area contributed by atoms with E-state index < -0.39 is 5.97 Å². The second kappa shape index (κ2) is 5.56. The SMILES string of the molecule is O=C(O)c1cccc(OCc2ccc(Cl)cc2)c1. The van der Waals surface area contributed by atoms with Gasteiger partial charge in [0.25, 0.3) is 0 Å². The minimum Gasteiger partial charge on any atom is -0.489 e. The second-order valence-corrected chi connectivity index (χ2v) is 4.18. The molecule has 0 heterocycles. The fraction of sp³-hybridized carbons (Fsp3) is 0.0714. The van der Waals surface area contributed by atoms with Crippen LogP contribution in [0.1, 0.15) is 15.9 Å². The molecule has 1 N–H and O–H groups in total. The molecule has 4 heteroatoms. The maximum absolute atomic E-state index is 10.8. The van der Waals surface area contributed by atoms with Crippen LogP contribution in [0.15, 0.2) is 48.5 Å². The minimum absolute atomic E-state index is 0.212. The molecule has 0 saturated carbocycles. The molecule has 0 aromatic heterocycles. The minimum atomic E-state index is -0.966. The van der Waals surface area contributed by atoms with Gasteiger partial charge in [-0.1, -0.05) is 29.8 Å². The summed E-state index contributed by atoms with van der Waals surface area (Å²) in [4.78, 5) is 10.8. The first-order valence-electron chi connectivity index (χ1n) is 5.36. The summed E-state index contributed by atoms with van der Waals surface area (Å²) in [6.07, 6.45) is 0. The van der Waals surface area contributed by atoms with Crippen molar-refractivity contribution >= 4 is 17.6 Å². The van der Waals surface area contributed by atoms with Gasteiger partial charge in [-0.3, -0.25) is 0 Å². The van der Waals surface area contributed by atoms with E-state index in [1.54, 1.807) is 24.3 Å². The van der Waals surface area contributed by atoms with E-state index in [2.05, 4.69) is 0 Å². The van der Waals surface area contributed by atoms with Gasteiger partial charge in [0.1, 0.15) is 12.4 Å². The lowest BCUT2D eigenvalue weighted by Crippen LogP contribution is -1.99. The van der Waals surface area contributed by atoms with Gasteiger partial charge in [0, 0.05) is 5.02 Å². The molecule has 92 valence electrons. The van der Waals surface area contributed by atoms with Gasteiger partial charge in [0.2, 0.25) is 0 Å². The van der Waals surface area contributed by atoms with E-state index in [9.17, 15) is 4.79 Å². The second-order valence-electron chi connectivity index (χ2n) is 3.75. The molecule has 2 rings (SSSR count). The Bertz CT molecular complexity index is 549. The number of aromatic carboxylic acids is 1.